The van der Waals surface area contributed by atoms with Crippen LogP contribution in [0.25, 0.3) is 0 Å². The van der Waals surface area contributed by atoms with Crippen molar-refractivity contribution in [3.05, 3.63) is 34.3 Å². The second-order valence-corrected chi connectivity index (χ2v) is 5.72. The van der Waals surface area contributed by atoms with Crippen molar-refractivity contribution >= 4 is 21.8 Å². The predicted octanol–water partition coefficient (Wildman–Crippen LogP) is 2.64. The van der Waals surface area contributed by atoms with Crippen LogP contribution in [0, 0.1) is 0 Å². The van der Waals surface area contributed by atoms with E-state index in [9.17, 15) is 4.79 Å². The van der Waals surface area contributed by atoms with Crippen molar-refractivity contribution in [3.8, 4) is 0 Å². The van der Waals surface area contributed by atoms with E-state index in [1.807, 2.05) is 25.1 Å². The van der Waals surface area contributed by atoms with Gasteiger partial charge in [-0.05, 0) is 38.0 Å². The van der Waals surface area contributed by atoms with E-state index < -0.39 is 0 Å². The smallest absolute Gasteiger partial charge is 0.236 e. The third-order valence-electron chi connectivity index (χ3n) is 3.07. The fraction of sp³-hybridized carbons (Fsp3) is 0.533. The third-order valence-corrected chi connectivity index (χ3v) is 3.56. The molecule has 2 atom stereocenters. The summed E-state index contributed by atoms with van der Waals surface area (Å²) in [5, 5.41) is 6.19. The lowest BCUT2D eigenvalue weighted by atomic mass is 10.1. The summed E-state index contributed by atoms with van der Waals surface area (Å²) in [6.45, 7) is 5.23. The molecule has 2 N–H and O–H groups in total. The number of amides is 1. The molecule has 0 heterocycles. The molecule has 0 aliphatic carbocycles. The minimum Gasteiger partial charge on any atom is -0.385 e. The summed E-state index contributed by atoms with van der Waals surface area (Å²) >= 11 is 3.46. The van der Waals surface area contributed by atoms with Crippen molar-refractivity contribution in [2.45, 2.75) is 32.4 Å². The van der Waals surface area contributed by atoms with Crippen molar-refractivity contribution in [2.75, 3.05) is 20.3 Å². The molecule has 1 amide bonds. The Morgan fingerprint density at radius 1 is 1.40 bits per heavy atom. The number of benzene rings is 1. The highest BCUT2D eigenvalue weighted by Crippen LogP contribution is 2.18. The largest absolute Gasteiger partial charge is 0.385 e. The molecule has 5 heteroatoms. The zero-order valence-electron chi connectivity index (χ0n) is 12.3. The second kappa shape index (κ2) is 9.10. The highest BCUT2D eigenvalue weighted by molar-refractivity contribution is 9.10. The lowest BCUT2D eigenvalue weighted by molar-refractivity contribution is -0.122. The van der Waals surface area contributed by atoms with Gasteiger partial charge in [0.05, 0.1) is 6.04 Å². The number of hydrogen-bond donors (Lipinski definition) is 2. The van der Waals surface area contributed by atoms with Crippen LogP contribution in [0.2, 0.25) is 0 Å². The molecule has 4 nitrogen and oxygen atoms in total. The van der Waals surface area contributed by atoms with Crippen LogP contribution in [0.3, 0.4) is 0 Å². The molecule has 1 aromatic carbocycles. The summed E-state index contributed by atoms with van der Waals surface area (Å²) in [7, 11) is 1.66. The van der Waals surface area contributed by atoms with Gasteiger partial charge in [-0.1, -0.05) is 28.1 Å². The van der Waals surface area contributed by atoms with Crippen molar-refractivity contribution in [1.82, 2.24) is 10.6 Å². The first-order chi connectivity index (χ1) is 9.54. The van der Waals surface area contributed by atoms with Gasteiger partial charge in [-0.15, -0.1) is 0 Å². The van der Waals surface area contributed by atoms with Gasteiger partial charge < -0.3 is 10.1 Å². The molecule has 1 unspecified atom stereocenters. The Labute approximate surface area is 129 Å². The predicted molar refractivity (Wildman–Crippen MR) is 84.7 cm³/mol. The molecular formula is C15H23BrN2O2. The molecule has 0 saturated heterocycles. The van der Waals surface area contributed by atoms with E-state index in [4.69, 9.17) is 4.74 Å². The van der Waals surface area contributed by atoms with Gasteiger partial charge in [0.15, 0.2) is 0 Å². The average Bonchev–Trinajstić information content (AvgIpc) is 2.43. The summed E-state index contributed by atoms with van der Waals surface area (Å²) in [6, 6.07) is 7.97. The first kappa shape index (κ1) is 17.1. The monoisotopic (exact) mass is 342 g/mol. The van der Waals surface area contributed by atoms with Crippen LogP contribution in [0.1, 0.15) is 31.9 Å². The Morgan fingerprint density at radius 2 is 2.15 bits per heavy atom. The maximum Gasteiger partial charge on any atom is 0.236 e. The number of methoxy groups -OCH3 is 1. The minimum absolute atomic E-state index is 0.0166. The number of halogens is 1. The first-order valence-corrected chi connectivity index (χ1v) is 7.62. The minimum atomic E-state index is -0.230. The number of carbonyl (C=O) groups excluding carboxylic acids is 1. The van der Waals surface area contributed by atoms with E-state index in [-0.39, 0.29) is 18.0 Å². The average molecular weight is 343 g/mol. The highest BCUT2D eigenvalue weighted by Gasteiger charge is 2.15. The van der Waals surface area contributed by atoms with Crippen LogP contribution in [0.5, 0.6) is 0 Å². The number of carbonyl (C=O) groups is 1. The normalized spacial score (nSPS) is 13.8. The van der Waals surface area contributed by atoms with Crippen LogP contribution in [0.15, 0.2) is 28.7 Å². The number of nitrogens with one attached hydrogen (secondary N) is 2. The van der Waals surface area contributed by atoms with Gasteiger partial charge in [-0.3, -0.25) is 10.1 Å². The van der Waals surface area contributed by atoms with Gasteiger partial charge in [0.2, 0.25) is 5.91 Å². The number of rotatable bonds is 8. The molecule has 1 aromatic rings. The van der Waals surface area contributed by atoms with Gasteiger partial charge >= 0.3 is 0 Å². The standard InChI is InChI=1S/C15H23BrN2O2/c1-11(13-6-4-7-14(16)10-13)18-12(2)15(19)17-8-5-9-20-3/h4,6-7,10-12,18H,5,8-9H2,1-3H3,(H,17,19)/t11-,12?/m0/s1. The number of hydrogen-bond acceptors (Lipinski definition) is 3. The molecule has 0 bridgehead atoms. The SMILES string of the molecule is COCCCNC(=O)C(C)N[C@@H](C)c1cccc(Br)c1. The van der Waals surface area contributed by atoms with Crippen molar-refractivity contribution in [1.29, 1.82) is 0 Å². The summed E-state index contributed by atoms with van der Waals surface area (Å²) in [5.74, 6) is 0.0166. The molecule has 0 aliphatic heterocycles. The molecule has 0 saturated carbocycles. The van der Waals surface area contributed by atoms with E-state index in [1.54, 1.807) is 7.11 Å². The highest BCUT2D eigenvalue weighted by atomic mass is 79.9. The van der Waals surface area contributed by atoms with Crippen molar-refractivity contribution < 1.29 is 9.53 Å². The maximum atomic E-state index is 11.9. The topological polar surface area (TPSA) is 50.4 Å². The Balaban J connectivity index is 2.40. The van der Waals surface area contributed by atoms with Gasteiger partial charge in [-0.2, -0.15) is 0 Å². The second-order valence-electron chi connectivity index (χ2n) is 4.80. The molecular weight excluding hydrogens is 320 g/mol. The van der Waals surface area contributed by atoms with E-state index >= 15 is 0 Å². The zero-order valence-corrected chi connectivity index (χ0v) is 13.9. The summed E-state index contributed by atoms with van der Waals surface area (Å²) < 4.78 is 5.99. The molecule has 0 aliphatic rings. The molecule has 0 spiro atoms. The Kier molecular flexibility index (Phi) is 7.80. The van der Waals surface area contributed by atoms with Crippen LogP contribution in [-0.4, -0.2) is 32.2 Å². The van der Waals surface area contributed by atoms with E-state index in [0.29, 0.717) is 13.2 Å². The summed E-state index contributed by atoms with van der Waals surface area (Å²) in [5.41, 5.74) is 1.15. The lowest BCUT2D eigenvalue weighted by Gasteiger charge is -2.20. The van der Waals surface area contributed by atoms with E-state index in [2.05, 4.69) is 39.6 Å². The summed E-state index contributed by atoms with van der Waals surface area (Å²) in [4.78, 5) is 11.9. The lowest BCUT2D eigenvalue weighted by Crippen LogP contribution is -2.43. The van der Waals surface area contributed by atoms with Crippen molar-refractivity contribution in [2.24, 2.45) is 0 Å². The van der Waals surface area contributed by atoms with Crippen LogP contribution in [-0.2, 0) is 9.53 Å². The van der Waals surface area contributed by atoms with Gasteiger partial charge in [-0.25, -0.2) is 0 Å². The molecule has 112 valence electrons. The quantitative estimate of drug-likeness (QED) is 0.714. The molecule has 20 heavy (non-hydrogen) atoms. The van der Waals surface area contributed by atoms with Gasteiger partial charge in [0.1, 0.15) is 0 Å². The Morgan fingerprint density at radius 3 is 2.80 bits per heavy atom. The molecule has 1 rings (SSSR count). The zero-order chi connectivity index (χ0) is 15.0. The molecule has 0 radical (unpaired) electrons. The van der Waals surface area contributed by atoms with Crippen LogP contribution >= 0.6 is 15.9 Å². The van der Waals surface area contributed by atoms with Gasteiger partial charge in [0, 0.05) is 30.8 Å². The first-order valence-electron chi connectivity index (χ1n) is 6.82. The fourth-order valence-corrected chi connectivity index (χ4v) is 2.32. The molecule has 0 aromatic heterocycles. The molecule has 0 fully saturated rings. The Bertz CT molecular complexity index is 426. The van der Waals surface area contributed by atoms with E-state index in [0.717, 1.165) is 16.5 Å². The fourth-order valence-electron chi connectivity index (χ4n) is 1.90. The van der Waals surface area contributed by atoms with Crippen LogP contribution < -0.4 is 10.6 Å². The van der Waals surface area contributed by atoms with Gasteiger partial charge in [0.25, 0.3) is 0 Å². The third kappa shape index (κ3) is 6.03. The van der Waals surface area contributed by atoms with Crippen molar-refractivity contribution in [3.63, 3.8) is 0 Å². The summed E-state index contributed by atoms with van der Waals surface area (Å²) in [6.07, 6.45) is 0.830. The van der Waals surface area contributed by atoms with E-state index in [1.165, 1.54) is 0 Å². The maximum absolute atomic E-state index is 11.9. The number of ether oxygens (including phenoxy) is 1. The van der Waals surface area contributed by atoms with Crippen LogP contribution in [0.4, 0.5) is 0 Å². The Hall–Kier alpha value is -0.910.